The molecule has 0 fully saturated rings. The molecule has 0 aliphatic heterocycles. The van der Waals surface area contributed by atoms with Crippen LogP contribution < -0.4 is 5.32 Å². The summed E-state index contributed by atoms with van der Waals surface area (Å²) in [5.41, 5.74) is 5.20. The second-order valence-electron chi connectivity index (χ2n) is 5.54. The molecule has 2 aromatic rings. The first kappa shape index (κ1) is 15.7. The van der Waals surface area contributed by atoms with E-state index in [2.05, 4.69) is 35.8 Å². The van der Waals surface area contributed by atoms with Gasteiger partial charge in [0.2, 0.25) is 0 Å². The molecule has 0 radical (unpaired) electrons. The third-order valence-electron chi connectivity index (χ3n) is 3.40. The van der Waals surface area contributed by atoms with Crippen LogP contribution in [0.15, 0.2) is 24.4 Å². The second kappa shape index (κ2) is 6.83. The van der Waals surface area contributed by atoms with Crippen molar-refractivity contribution in [2.75, 3.05) is 19.8 Å². The summed E-state index contributed by atoms with van der Waals surface area (Å²) in [4.78, 5) is 4.47. The van der Waals surface area contributed by atoms with E-state index in [1.165, 1.54) is 0 Å². The van der Waals surface area contributed by atoms with E-state index >= 15 is 0 Å². The maximum atomic E-state index is 5.49. The maximum Gasteiger partial charge on any atom is 0.155 e. The number of rotatable bonds is 7. The molecule has 0 amide bonds. The van der Waals surface area contributed by atoms with Gasteiger partial charge in [0.05, 0.1) is 18.9 Å². The van der Waals surface area contributed by atoms with Gasteiger partial charge in [-0.05, 0) is 27.7 Å². The predicted molar refractivity (Wildman–Crippen MR) is 84.5 cm³/mol. The molecule has 5 nitrogen and oxygen atoms in total. The van der Waals surface area contributed by atoms with Crippen LogP contribution in [0.3, 0.4) is 0 Å². The molecule has 0 bridgehead atoms. The highest BCUT2D eigenvalue weighted by Gasteiger charge is 2.12. The Bertz CT molecular complexity index is 632. The topological polar surface area (TPSA) is 51.5 Å². The van der Waals surface area contributed by atoms with Gasteiger partial charge in [0.1, 0.15) is 0 Å². The minimum atomic E-state index is 0.208. The highest BCUT2D eigenvalue weighted by molar-refractivity contribution is 5.42. The monoisotopic (exact) mass is 288 g/mol. The van der Waals surface area contributed by atoms with Crippen LogP contribution in [-0.4, -0.2) is 34.4 Å². The molecule has 0 aliphatic carbocycles. The van der Waals surface area contributed by atoms with E-state index < -0.39 is 0 Å². The van der Waals surface area contributed by atoms with Crippen LogP contribution in [0.25, 0.3) is 5.65 Å². The maximum absolute atomic E-state index is 5.49. The van der Waals surface area contributed by atoms with Crippen LogP contribution in [0.4, 0.5) is 0 Å². The van der Waals surface area contributed by atoms with Gasteiger partial charge in [0, 0.05) is 36.1 Å². The summed E-state index contributed by atoms with van der Waals surface area (Å²) in [6.07, 6.45) is 1.93. The van der Waals surface area contributed by atoms with Gasteiger partial charge >= 0.3 is 0 Å². The van der Waals surface area contributed by atoms with Crippen LogP contribution in [0.2, 0.25) is 0 Å². The van der Waals surface area contributed by atoms with Crippen molar-refractivity contribution >= 4 is 5.65 Å². The van der Waals surface area contributed by atoms with Crippen molar-refractivity contribution < 1.29 is 4.74 Å². The molecule has 0 spiro atoms. The zero-order valence-corrected chi connectivity index (χ0v) is 13.3. The Hall–Kier alpha value is -1.72. The molecule has 1 N–H and O–H groups in total. The first-order valence-corrected chi connectivity index (χ1v) is 7.26. The Balaban J connectivity index is 1.97. The lowest BCUT2D eigenvalue weighted by atomic mass is 10.1. The largest absolute Gasteiger partial charge is 0.376 e. The van der Waals surface area contributed by atoms with E-state index in [9.17, 15) is 0 Å². The molecule has 2 heterocycles. The van der Waals surface area contributed by atoms with Gasteiger partial charge in [-0.15, -0.1) is 0 Å². The molecule has 1 unspecified atom stereocenters. The summed E-state index contributed by atoms with van der Waals surface area (Å²) in [6, 6.07) is 2.19. The van der Waals surface area contributed by atoms with E-state index in [4.69, 9.17) is 4.74 Å². The average molecular weight is 288 g/mol. The summed E-state index contributed by atoms with van der Waals surface area (Å²) in [7, 11) is 0. The fourth-order valence-corrected chi connectivity index (χ4v) is 2.31. The first-order chi connectivity index (χ1) is 9.99. The lowest BCUT2D eigenvalue weighted by molar-refractivity contribution is 0.156. The molecule has 2 aromatic heterocycles. The fraction of sp³-hybridized carbons (Fsp3) is 0.500. The quantitative estimate of drug-likeness (QED) is 0.628. The summed E-state index contributed by atoms with van der Waals surface area (Å²) in [6.45, 7) is 14.1. The van der Waals surface area contributed by atoms with E-state index in [0.717, 1.165) is 34.7 Å². The minimum absolute atomic E-state index is 0.208. The number of nitrogens with zero attached hydrogens (tertiary/aromatic N) is 3. The first-order valence-electron chi connectivity index (χ1n) is 7.26. The van der Waals surface area contributed by atoms with E-state index in [0.29, 0.717) is 13.2 Å². The lowest BCUT2D eigenvalue weighted by Gasteiger charge is -2.16. The predicted octanol–water partition coefficient (Wildman–Crippen LogP) is 2.59. The van der Waals surface area contributed by atoms with E-state index in [-0.39, 0.29) is 6.04 Å². The Morgan fingerprint density at radius 2 is 2.24 bits per heavy atom. The van der Waals surface area contributed by atoms with Crippen LogP contribution in [0.5, 0.6) is 0 Å². The van der Waals surface area contributed by atoms with Crippen LogP contribution in [0, 0.1) is 13.8 Å². The van der Waals surface area contributed by atoms with Crippen LogP contribution in [-0.2, 0) is 4.74 Å². The highest BCUT2D eigenvalue weighted by atomic mass is 16.5. The van der Waals surface area contributed by atoms with Gasteiger partial charge in [0.25, 0.3) is 0 Å². The molecule has 0 aliphatic rings. The summed E-state index contributed by atoms with van der Waals surface area (Å²) in [5.74, 6) is 0. The molecule has 1 atom stereocenters. The fourth-order valence-electron chi connectivity index (χ4n) is 2.31. The molecular formula is C16H24N4O. The minimum Gasteiger partial charge on any atom is -0.376 e. The van der Waals surface area contributed by atoms with Crippen molar-refractivity contribution in [2.24, 2.45) is 0 Å². The zero-order valence-electron chi connectivity index (χ0n) is 13.3. The second-order valence-corrected chi connectivity index (χ2v) is 5.54. The SMILES string of the molecule is C=C(C)COCCNC(C)c1cnc2cc(C)nn2c1C. The van der Waals surface area contributed by atoms with Gasteiger partial charge < -0.3 is 10.1 Å². The number of hydrogen-bond acceptors (Lipinski definition) is 4. The Kier molecular flexibility index (Phi) is 5.09. The normalized spacial score (nSPS) is 12.8. The van der Waals surface area contributed by atoms with E-state index in [1.54, 1.807) is 0 Å². The summed E-state index contributed by atoms with van der Waals surface area (Å²) in [5, 5.41) is 7.93. The molecule has 0 saturated heterocycles. The van der Waals surface area contributed by atoms with Gasteiger partial charge in [-0.3, -0.25) is 0 Å². The van der Waals surface area contributed by atoms with Gasteiger partial charge in [-0.2, -0.15) is 5.10 Å². The van der Waals surface area contributed by atoms with Crippen LogP contribution >= 0.6 is 0 Å². The van der Waals surface area contributed by atoms with Crippen LogP contribution in [0.1, 0.15) is 36.8 Å². The number of hydrogen-bond donors (Lipinski definition) is 1. The Morgan fingerprint density at radius 3 is 2.95 bits per heavy atom. The Labute approximate surface area is 126 Å². The molecule has 5 heteroatoms. The molecular weight excluding hydrogens is 264 g/mol. The Morgan fingerprint density at radius 1 is 1.48 bits per heavy atom. The van der Waals surface area contributed by atoms with Crippen molar-refractivity contribution in [3.05, 3.63) is 41.4 Å². The van der Waals surface area contributed by atoms with Crippen molar-refractivity contribution in [3.8, 4) is 0 Å². The van der Waals surface area contributed by atoms with Gasteiger partial charge in [0.15, 0.2) is 5.65 Å². The van der Waals surface area contributed by atoms with Crippen molar-refractivity contribution in [3.63, 3.8) is 0 Å². The third-order valence-corrected chi connectivity index (χ3v) is 3.40. The molecule has 114 valence electrons. The molecule has 0 saturated carbocycles. The van der Waals surface area contributed by atoms with E-state index in [1.807, 2.05) is 30.6 Å². The molecule has 2 rings (SSSR count). The highest BCUT2D eigenvalue weighted by Crippen LogP contribution is 2.17. The van der Waals surface area contributed by atoms with Gasteiger partial charge in [-0.1, -0.05) is 12.2 Å². The number of aromatic nitrogens is 3. The average Bonchev–Trinajstić information content (AvgIpc) is 2.79. The third kappa shape index (κ3) is 3.89. The zero-order chi connectivity index (χ0) is 15.4. The number of nitrogens with one attached hydrogen (secondary N) is 1. The smallest absolute Gasteiger partial charge is 0.155 e. The number of ether oxygens (including phenoxy) is 1. The molecule has 21 heavy (non-hydrogen) atoms. The summed E-state index contributed by atoms with van der Waals surface area (Å²) < 4.78 is 7.39. The van der Waals surface area contributed by atoms with Crippen molar-refractivity contribution in [1.82, 2.24) is 19.9 Å². The number of aryl methyl sites for hydroxylation is 2. The van der Waals surface area contributed by atoms with Crippen molar-refractivity contribution in [2.45, 2.75) is 33.7 Å². The van der Waals surface area contributed by atoms with Crippen molar-refractivity contribution in [1.29, 1.82) is 0 Å². The molecule has 0 aromatic carbocycles. The number of fused-ring (bicyclic) bond motifs is 1. The van der Waals surface area contributed by atoms with Gasteiger partial charge in [-0.25, -0.2) is 9.50 Å². The standard InChI is InChI=1S/C16H24N4O/c1-11(2)10-21-7-6-17-13(4)15-9-18-16-8-12(3)19-20(16)14(15)5/h8-9,13,17H,1,6-7,10H2,2-5H3. The summed E-state index contributed by atoms with van der Waals surface area (Å²) >= 11 is 0. The lowest BCUT2D eigenvalue weighted by Crippen LogP contribution is -2.24.